The highest BCUT2D eigenvalue weighted by atomic mass is 16.4. The molecule has 6 nitrogen and oxygen atoms in total. The average molecular weight is 235 g/mol. The molecule has 1 atom stereocenters. The highest BCUT2D eigenvalue weighted by Crippen LogP contribution is 2.25. The van der Waals surface area contributed by atoms with E-state index in [9.17, 15) is 15.3 Å². The van der Waals surface area contributed by atoms with Gasteiger partial charge in [-0.1, -0.05) is 0 Å². The van der Waals surface area contributed by atoms with Gasteiger partial charge in [0.25, 0.3) is 0 Å². The molecule has 0 radical (unpaired) electrons. The summed E-state index contributed by atoms with van der Waals surface area (Å²) in [5.74, 6) is 0. The second kappa shape index (κ2) is 4.95. The number of hydrazine groups is 2. The molecule has 0 aromatic rings. The molecule has 98 valence electrons. The number of hydrogen-bond donors (Lipinski definition) is 3. The van der Waals surface area contributed by atoms with Crippen molar-refractivity contribution in [3.8, 4) is 0 Å². The molecular formula is C10H25N3O3. The maximum absolute atomic E-state index is 10.1. The molecular weight excluding hydrogens is 210 g/mol. The van der Waals surface area contributed by atoms with E-state index >= 15 is 0 Å². The van der Waals surface area contributed by atoms with Crippen LogP contribution in [0.15, 0.2) is 0 Å². The van der Waals surface area contributed by atoms with Crippen molar-refractivity contribution in [2.75, 3.05) is 14.1 Å². The third-order valence-electron chi connectivity index (χ3n) is 1.99. The molecule has 0 saturated carbocycles. The third kappa shape index (κ3) is 3.97. The highest BCUT2D eigenvalue weighted by molar-refractivity contribution is 4.76. The van der Waals surface area contributed by atoms with Crippen LogP contribution in [0.25, 0.3) is 0 Å². The molecule has 3 N–H and O–H groups in total. The van der Waals surface area contributed by atoms with Gasteiger partial charge >= 0.3 is 0 Å². The van der Waals surface area contributed by atoms with Crippen molar-refractivity contribution in [2.24, 2.45) is 0 Å². The van der Waals surface area contributed by atoms with E-state index < -0.39 is 17.7 Å². The second-order valence-corrected chi connectivity index (χ2v) is 5.10. The Morgan fingerprint density at radius 3 is 1.31 bits per heavy atom. The molecule has 0 aromatic heterocycles. The summed E-state index contributed by atoms with van der Waals surface area (Å²) in [6.07, 6.45) is -0.868. The summed E-state index contributed by atoms with van der Waals surface area (Å²) in [5, 5.41) is 34.1. The van der Waals surface area contributed by atoms with Gasteiger partial charge in [0.1, 0.15) is 17.7 Å². The summed E-state index contributed by atoms with van der Waals surface area (Å²) < 4.78 is 0. The molecule has 0 amide bonds. The minimum absolute atomic E-state index is 0.868. The van der Waals surface area contributed by atoms with E-state index in [1.165, 1.54) is 10.1 Å². The van der Waals surface area contributed by atoms with Crippen molar-refractivity contribution >= 4 is 0 Å². The topological polar surface area (TPSA) is 70.4 Å². The first-order chi connectivity index (χ1) is 6.89. The Balaban J connectivity index is 5.32. The summed E-state index contributed by atoms with van der Waals surface area (Å²) in [4.78, 5) is 0. The molecule has 0 bridgehead atoms. The van der Waals surface area contributed by atoms with Crippen LogP contribution in [0.2, 0.25) is 0 Å². The van der Waals surface area contributed by atoms with Crippen molar-refractivity contribution in [2.45, 2.75) is 52.3 Å². The zero-order valence-electron chi connectivity index (χ0n) is 11.3. The average Bonchev–Trinajstić information content (AvgIpc) is 1.93. The Labute approximate surface area is 97.6 Å². The van der Waals surface area contributed by atoms with Crippen LogP contribution in [0.5, 0.6) is 0 Å². The fraction of sp³-hybridized carbons (Fsp3) is 1.00. The minimum Gasteiger partial charge on any atom is -0.376 e. The largest absolute Gasteiger partial charge is 0.376 e. The molecule has 6 heteroatoms. The SMILES string of the molecule is CC(O)N(N(C)C)N(C(C)(C)O)C(C)(C)O. The van der Waals surface area contributed by atoms with Gasteiger partial charge in [0.15, 0.2) is 0 Å². The van der Waals surface area contributed by atoms with Crippen molar-refractivity contribution < 1.29 is 15.3 Å². The summed E-state index contributed by atoms with van der Waals surface area (Å²) in [7, 11) is 3.44. The van der Waals surface area contributed by atoms with Crippen LogP contribution in [0.4, 0.5) is 0 Å². The Bertz CT molecular complexity index is 196. The predicted octanol–water partition coefficient (Wildman–Crippen LogP) is -0.223. The highest BCUT2D eigenvalue weighted by Gasteiger charge is 2.42. The van der Waals surface area contributed by atoms with Crippen LogP contribution < -0.4 is 0 Å². The molecule has 0 aromatic carbocycles. The number of rotatable bonds is 5. The second-order valence-electron chi connectivity index (χ2n) is 5.10. The lowest BCUT2D eigenvalue weighted by molar-refractivity contribution is -0.373. The van der Waals surface area contributed by atoms with Crippen LogP contribution in [0, 0.1) is 0 Å². The van der Waals surface area contributed by atoms with Gasteiger partial charge in [-0.25, -0.2) is 5.01 Å². The number of aliphatic hydroxyl groups is 3. The van der Waals surface area contributed by atoms with Gasteiger partial charge in [-0.2, -0.15) is 5.01 Å². The Kier molecular flexibility index (Phi) is 4.88. The lowest BCUT2D eigenvalue weighted by Gasteiger charge is -2.51. The summed E-state index contributed by atoms with van der Waals surface area (Å²) in [6, 6.07) is 0. The zero-order chi connectivity index (χ0) is 13.3. The van der Waals surface area contributed by atoms with E-state index in [2.05, 4.69) is 0 Å². The van der Waals surface area contributed by atoms with Gasteiger partial charge in [-0.05, 0) is 34.6 Å². The Hall–Kier alpha value is -0.240. The Morgan fingerprint density at radius 1 is 0.938 bits per heavy atom. The van der Waals surface area contributed by atoms with Crippen molar-refractivity contribution in [1.82, 2.24) is 15.1 Å². The van der Waals surface area contributed by atoms with Crippen LogP contribution in [0.3, 0.4) is 0 Å². The van der Waals surface area contributed by atoms with E-state index in [0.717, 1.165) is 0 Å². The molecule has 16 heavy (non-hydrogen) atoms. The van der Waals surface area contributed by atoms with E-state index in [1.54, 1.807) is 53.7 Å². The Morgan fingerprint density at radius 2 is 1.25 bits per heavy atom. The van der Waals surface area contributed by atoms with E-state index in [0.29, 0.717) is 0 Å². The fourth-order valence-corrected chi connectivity index (χ4v) is 1.85. The molecule has 0 heterocycles. The number of hydrogen-bond acceptors (Lipinski definition) is 6. The fourth-order valence-electron chi connectivity index (χ4n) is 1.85. The first-order valence-corrected chi connectivity index (χ1v) is 5.28. The van der Waals surface area contributed by atoms with Crippen molar-refractivity contribution in [3.05, 3.63) is 0 Å². The van der Waals surface area contributed by atoms with Crippen LogP contribution >= 0.6 is 0 Å². The summed E-state index contributed by atoms with van der Waals surface area (Å²) >= 11 is 0. The summed E-state index contributed by atoms with van der Waals surface area (Å²) in [5.41, 5.74) is -2.61. The van der Waals surface area contributed by atoms with E-state index in [-0.39, 0.29) is 0 Å². The van der Waals surface area contributed by atoms with Crippen LogP contribution in [-0.2, 0) is 0 Å². The molecule has 0 aliphatic rings. The standard InChI is InChI=1S/C10H25N3O3/c1-8(14)12(11(6)7)13(9(2,3)15)10(4,5)16/h8,14-16H,1-7H3. The first-order valence-electron chi connectivity index (χ1n) is 5.28. The molecule has 0 spiro atoms. The molecule has 0 saturated heterocycles. The van der Waals surface area contributed by atoms with Gasteiger partial charge in [-0.15, -0.1) is 5.12 Å². The quantitative estimate of drug-likeness (QED) is 0.452. The lowest BCUT2D eigenvalue weighted by atomic mass is 10.2. The van der Waals surface area contributed by atoms with Gasteiger partial charge < -0.3 is 15.3 Å². The zero-order valence-corrected chi connectivity index (χ0v) is 11.3. The maximum Gasteiger partial charge on any atom is 0.132 e. The minimum atomic E-state index is -1.31. The lowest BCUT2D eigenvalue weighted by Crippen LogP contribution is -2.68. The van der Waals surface area contributed by atoms with E-state index in [4.69, 9.17) is 0 Å². The molecule has 0 fully saturated rings. The smallest absolute Gasteiger partial charge is 0.132 e. The first kappa shape index (κ1) is 15.8. The van der Waals surface area contributed by atoms with Gasteiger partial charge in [0.05, 0.1) is 0 Å². The monoisotopic (exact) mass is 235 g/mol. The van der Waals surface area contributed by atoms with Crippen molar-refractivity contribution in [1.29, 1.82) is 0 Å². The van der Waals surface area contributed by atoms with Crippen LogP contribution in [-0.4, -0.2) is 62.2 Å². The van der Waals surface area contributed by atoms with Crippen LogP contribution in [0.1, 0.15) is 34.6 Å². The van der Waals surface area contributed by atoms with E-state index in [1.807, 2.05) is 0 Å². The number of aliphatic hydroxyl groups excluding tert-OH is 1. The number of nitrogens with zero attached hydrogens (tertiary/aromatic N) is 3. The maximum atomic E-state index is 10.1. The summed E-state index contributed by atoms with van der Waals surface area (Å²) in [6.45, 7) is 7.74. The molecule has 0 aliphatic carbocycles. The molecule has 0 rings (SSSR count). The van der Waals surface area contributed by atoms with Gasteiger partial charge in [0.2, 0.25) is 0 Å². The molecule has 0 aliphatic heterocycles. The third-order valence-corrected chi connectivity index (χ3v) is 1.99. The predicted molar refractivity (Wildman–Crippen MR) is 61.6 cm³/mol. The van der Waals surface area contributed by atoms with Gasteiger partial charge in [0, 0.05) is 14.1 Å². The van der Waals surface area contributed by atoms with Gasteiger partial charge in [-0.3, -0.25) is 0 Å². The molecule has 1 unspecified atom stereocenters. The normalized spacial score (nSPS) is 16.3. The van der Waals surface area contributed by atoms with Crippen molar-refractivity contribution in [3.63, 3.8) is 0 Å².